The molecule has 0 atom stereocenters. The van der Waals surface area contributed by atoms with Crippen LogP contribution in [0.25, 0.3) is 11.5 Å². The summed E-state index contributed by atoms with van der Waals surface area (Å²) in [6.07, 6.45) is 0.891. The highest BCUT2D eigenvalue weighted by atomic mass is 32.2. The van der Waals surface area contributed by atoms with Gasteiger partial charge >= 0.3 is 0 Å². The second kappa shape index (κ2) is 5.79. The van der Waals surface area contributed by atoms with Crippen LogP contribution in [0.15, 0.2) is 33.9 Å². The van der Waals surface area contributed by atoms with Gasteiger partial charge in [-0.2, -0.15) is 0 Å². The minimum absolute atomic E-state index is 0.321. The molecule has 6 heteroatoms. The highest BCUT2D eigenvalue weighted by Crippen LogP contribution is 2.23. The normalized spacial score (nSPS) is 10.7. The molecule has 0 fully saturated rings. The topological polar surface area (TPSA) is 64.9 Å². The molecule has 17 heavy (non-hydrogen) atoms. The Labute approximate surface area is 102 Å². The molecule has 0 unspecified atom stereocenters. The molecule has 2 rings (SSSR count). The number of hydrogen-bond acceptors (Lipinski definition) is 5. The van der Waals surface area contributed by atoms with E-state index in [9.17, 15) is 4.39 Å². The zero-order valence-electron chi connectivity index (χ0n) is 9.10. The van der Waals surface area contributed by atoms with Gasteiger partial charge in [0.05, 0.1) is 0 Å². The fraction of sp³-hybridized carbons (Fsp3) is 0.273. The summed E-state index contributed by atoms with van der Waals surface area (Å²) >= 11 is 1.45. The zero-order valence-corrected chi connectivity index (χ0v) is 9.91. The maximum atomic E-state index is 13.0. The molecular weight excluding hydrogens is 241 g/mol. The van der Waals surface area contributed by atoms with E-state index in [1.54, 1.807) is 12.1 Å². The lowest BCUT2D eigenvalue weighted by atomic mass is 10.2. The van der Waals surface area contributed by atoms with E-state index >= 15 is 0 Å². The van der Waals surface area contributed by atoms with Gasteiger partial charge in [0.15, 0.2) is 0 Å². The maximum absolute atomic E-state index is 13.0. The Hall–Kier alpha value is -1.40. The molecule has 0 aliphatic heterocycles. The van der Waals surface area contributed by atoms with Gasteiger partial charge in [-0.3, -0.25) is 0 Å². The number of hydrogen-bond donors (Lipinski definition) is 1. The van der Waals surface area contributed by atoms with Crippen molar-refractivity contribution in [2.75, 3.05) is 12.3 Å². The second-order valence-electron chi connectivity index (χ2n) is 3.37. The molecule has 1 aromatic carbocycles. The van der Waals surface area contributed by atoms with Crippen LogP contribution < -0.4 is 5.73 Å². The SMILES string of the molecule is NCCCSc1nnc(-c2cccc(F)c2)o1. The summed E-state index contributed by atoms with van der Waals surface area (Å²) in [5.74, 6) is 0.846. The molecule has 2 N–H and O–H groups in total. The van der Waals surface area contributed by atoms with Crippen LogP contribution >= 0.6 is 11.8 Å². The molecule has 0 spiro atoms. The molecule has 0 radical (unpaired) electrons. The fourth-order valence-electron chi connectivity index (χ4n) is 1.25. The molecule has 2 aromatic rings. The van der Waals surface area contributed by atoms with E-state index in [-0.39, 0.29) is 5.82 Å². The molecule has 0 saturated carbocycles. The Morgan fingerprint density at radius 3 is 3.00 bits per heavy atom. The van der Waals surface area contributed by atoms with Crippen LogP contribution in [0.5, 0.6) is 0 Å². The first-order valence-electron chi connectivity index (χ1n) is 5.22. The van der Waals surface area contributed by atoms with E-state index in [1.165, 1.54) is 23.9 Å². The molecule has 0 aliphatic rings. The number of aromatic nitrogens is 2. The summed E-state index contributed by atoms with van der Waals surface area (Å²) in [7, 11) is 0. The van der Waals surface area contributed by atoms with Gasteiger partial charge in [0.2, 0.25) is 5.89 Å². The average molecular weight is 253 g/mol. The average Bonchev–Trinajstić information content (AvgIpc) is 2.78. The Bertz CT molecular complexity index is 489. The highest BCUT2D eigenvalue weighted by molar-refractivity contribution is 7.99. The molecule has 1 aromatic heterocycles. The van der Waals surface area contributed by atoms with Crippen molar-refractivity contribution in [3.05, 3.63) is 30.1 Å². The number of rotatable bonds is 5. The molecule has 0 amide bonds. The summed E-state index contributed by atoms with van der Waals surface area (Å²) in [5.41, 5.74) is 5.97. The van der Waals surface area contributed by atoms with Crippen LogP contribution in [0.1, 0.15) is 6.42 Å². The summed E-state index contributed by atoms with van der Waals surface area (Å²) < 4.78 is 18.4. The van der Waals surface area contributed by atoms with Crippen molar-refractivity contribution in [1.82, 2.24) is 10.2 Å². The summed E-state index contributed by atoms with van der Waals surface area (Å²) in [5, 5.41) is 8.23. The van der Waals surface area contributed by atoms with Crippen molar-refractivity contribution in [2.45, 2.75) is 11.6 Å². The van der Waals surface area contributed by atoms with Crippen LogP contribution in [0.3, 0.4) is 0 Å². The lowest BCUT2D eigenvalue weighted by Crippen LogP contribution is -1.99. The van der Waals surface area contributed by atoms with Gasteiger partial charge < -0.3 is 10.2 Å². The van der Waals surface area contributed by atoms with E-state index in [4.69, 9.17) is 10.2 Å². The first-order valence-corrected chi connectivity index (χ1v) is 6.20. The third-order valence-electron chi connectivity index (χ3n) is 2.05. The molecule has 90 valence electrons. The lowest BCUT2D eigenvalue weighted by molar-refractivity contribution is 0.465. The van der Waals surface area contributed by atoms with Crippen molar-refractivity contribution >= 4 is 11.8 Å². The van der Waals surface area contributed by atoms with Crippen molar-refractivity contribution in [2.24, 2.45) is 5.73 Å². The van der Waals surface area contributed by atoms with Crippen molar-refractivity contribution in [1.29, 1.82) is 0 Å². The number of halogens is 1. The first-order chi connectivity index (χ1) is 8.29. The van der Waals surface area contributed by atoms with Crippen LogP contribution in [0.4, 0.5) is 4.39 Å². The quantitative estimate of drug-likeness (QED) is 0.654. The maximum Gasteiger partial charge on any atom is 0.276 e. The number of nitrogens with zero attached hydrogens (tertiary/aromatic N) is 2. The van der Waals surface area contributed by atoms with Crippen molar-refractivity contribution < 1.29 is 8.81 Å². The molecule has 0 bridgehead atoms. The monoisotopic (exact) mass is 253 g/mol. The number of thioether (sulfide) groups is 1. The smallest absolute Gasteiger partial charge is 0.276 e. The van der Waals surface area contributed by atoms with Gasteiger partial charge in [0, 0.05) is 11.3 Å². The largest absolute Gasteiger partial charge is 0.411 e. The van der Waals surface area contributed by atoms with E-state index in [0.29, 0.717) is 23.2 Å². The molecule has 0 saturated heterocycles. The van der Waals surface area contributed by atoms with E-state index in [2.05, 4.69) is 10.2 Å². The van der Waals surface area contributed by atoms with Gasteiger partial charge in [-0.25, -0.2) is 4.39 Å². The van der Waals surface area contributed by atoms with Crippen LogP contribution in [-0.2, 0) is 0 Å². The Kier molecular flexibility index (Phi) is 4.11. The van der Waals surface area contributed by atoms with Gasteiger partial charge in [0.25, 0.3) is 5.22 Å². The van der Waals surface area contributed by atoms with Crippen molar-refractivity contribution in [3.63, 3.8) is 0 Å². The highest BCUT2D eigenvalue weighted by Gasteiger charge is 2.09. The Morgan fingerprint density at radius 2 is 2.24 bits per heavy atom. The molecule has 1 heterocycles. The van der Waals surface area contributed by atoms with Gasteiger partial charge in [0.1, 0.15) is 5.82 Å². The first kappa shape index (κ1) is 12.1. The van der Waals surface area contributed by atoms with Crippen molar-refractivity contribution in [3.8, 4) is 11.5 Å². The van der Waals surface area contributed by atoms with Gasteiger partial charge in [-0.1, -0.05) is 17.8 Å². The summed E-state index contributed by atoms with van der Waals surface area (Å²) in [4.78, 5) is 0. The predicted octanol–water partition coefficient (Wildman–Crippen LogP) is 2.32. The predicted molar refractivity (Wildman–Crippen MR) is 64.1 cm³/mol. The standard InChI is InChI=1S/C11H12FN3OS/c12-9-4-1-3-8(7-9)10-14-15-11(16-10)17-6-2-5-13/h1,3-4,7H,2,5-6,13H2. The summed E-state index contributed by atoms with van der Waals surface area (Å²) in [6, 6.07) is 6.07. The Balaban J connectivity index is 2.07. The summed E-state index contributed by atoms with van der Waals surface area (Å²) in [6.45, 7) is 0.637. The van der Waals surface area contributed by atoms with Crippen LogP contribution in [0, 0.1) is 5.82 Å². The van der Waals surface area contributed by atoms with Crippen LogP contribution in [0.2, 0.25) is 0 Å². The van der Waals surface area contributed by atoms with Gasteiger partial charge in [-0.05, 0) is 31.2 Å². The minimum Gasteiger partial charge on any atom is -0.411 e. The van der Waals surface area contributed by atoms with E-state index in [0.717, 1.165) is 12.2 Å². The lowest BCUT2D eigenvalue weighted by Gasteiger charge is -1.94. The van der Waals surface area contributed by atoms with Gasteiger partial charge in [-0.15, -0.1) is 10.2 Å². The second-order valence-corrected chi connectivity index (χ2v) is 4.42. The van der Waals surface area contributed by atoms with Crippen LogP contribution in [-0.4, -0.2) is 22.5 Å². The molecule has 4 nitrogen and oxygen atoms in total. The molecule has 0 aliphatic carbocycles. The molecular formula is C11H12FN3OS. The van der Waals surface area contributed by atoms with E-state index in [1.807, 2.05) is 0 Å². The number of benzene rings is 1. The fourth-order valence-corrected chi connectivity index (χ4v) is 1.97. The minimum atomic E-state index is -0.321. The zero-order chi connectivity index (χ0) is 12.1. The third kappa shape index (κ3) is 3.28. The Morgan fingerprint density at radius 1 is 1.35 bits per heavy atom. The number of nitrogens with two attached hydrogens (primary N) is 1. The third-order valence-corrected chi connectivity index (χ3v) is 2.96. The van der Waals surface area contributed by atoms with E-state index < -0.39 is 0 Å².